The largest absolute Gasteiger partial charge is 0.446 e. The first kappa shape index (κ1) is 18.2. The Hall–Kier alpha value is 0.170. The van der Waals surface area contributed by atoms with Crippen LogP contribution in [0.3, 0.4) is 0 Å². The summed E-state index contributed by atoms with van der Waals surface area (Å²) in [5.74, 6) is 0. The van der Waals surface area contributed by atoms with Gasteiger partial charge in [-0.25, -0.2) is 0 Å². The molecule has 1 aromatic rings. The standard InChI is InChI=1S/C8H2Cl3F6NS2/c9-1-4(18)2(10)6(20-8(15,16)17)3(11)5(1)19-7(12,13)14/h18H2. The Kier molecular flexibility index (Phi) is 5.57. The van der Waals surface area contributed by atoms with Crippen molar-refractivity contribution in [2.75, 3.05) is 5.73 Å². The van der Waals surface area contributed by atoms with E-state index in [1.807, 2.05) is 0 Å². The molecule has 0 aliphatic carbocycles. The number of nitrogen functional groups attached to an aromatic ring is 1. The lowest BCUT2D eigenvalue weighted by atomic mass is 10.3. The minimum atomic E-state index is -4.80. The summed E-state index contributed by atoms with van der Waals surface area (Å²) in [5, 5.41) is -2.14. The van der Waals surface area contributed by atoms with E-state index in [1.165, 1.54) is 0 Å². The summed E-state index contributed by atoms with van der Waals surface area (Å²) in [6, 6.07) is 0. The SMILES string of the molecule is Nc1c(Cl)c(SC(F)(F)F)c(Cl)c(SC(F)(F)F)c1Cl. The number of halogens is 9. The van der Waals surface area contributed by atoms with Gasteiger partial charge in [-0.1, -0.05) is 34.8 Å². The molecule has 0 aromatic heterocycles. The van der Waals surface area contributed by atoms with Gasteiger partial charge in [0.05, 0.1) is 30.5 Å². The number of nitrogens with two attached hydrogens (primary N) is 1. The van der Waals surface area contributed by atoms with Crippen LogP contribution in [0.2, 0.25) is 15.1 Å². The molecule has 1 rings (SSSR count). The molecule has 0 radical (unpaired) electrons. The van der Waals surface area contributed by atoms with Crippen LogP contribution in [-0.4, -0.2) is 11.0 Å². The number of anilines is 1. The van der Waals surface area contributed by atoms with Crippen molar-refractivity contribution in [2.45, 2.75) is 20.8 Å². The van der Waals surface area contributed by atoms with Gasteiger partial charge in [0.1, 0.15) is 0 Å². The van der Waals surface area contributed by atoms with Crippen molar-refractivity contribution in [3.05, 3.63) is 15.1 Å². The maximum absolute atomic E-state index is 12.3. The van der Waals surface area contributed by atoms with Crippen LogP contribution in [0.15, 0.2) is 9.79 Å². The van der Waals surface area contributed by atoms with E-state index in [1.54, 1.807) is 0 Å². The Bertz CT molecular complexity index is 487. The molecule has 0 bridgehead atoms. The number of alkyl halides is 6. The summed E-state index contributed by atoms with van der Waals surface area (Å²) < 4.78 is 74.1. The van der Waals surface area contributed by atoms with Crippen molar-refractivity contribution < 1.29 is 26.3 Å². The molecule has 20 heavy (non-hydrogen) atoms. The van der Waals surface area contributed by atoms with Crippen molar-refractivity contribution in [2.24, 2.45) is 0 Å². The van der Waals surface area contributed by atoms with Crippen molar-refractivity contribution in [3.8, 4) is 0 Å². The topological polar surface area (TPSA) is 26.0 Å². The summed E-state index contributed by atoms with van der Waals surface area (Å²) in [4.78, 5) is -1.65. The van der Waals surface area contributed by atoms with E-state index in [0.29, 0.717) is 0 Å². The highest BCUT2D eigenvalue weighted by atomic mass is 35.5. The highest BCUT2D eigenvalue weighted by Gasteiger charge is 2.37. The molecule has 0 saturated heterocycles. The van der Waals surface area contributed by atoms with Gasteiger partial charge in [0.15, 0.2) is 0 Å². The number of benzene rings is 1. The zero-order valence-electron chi connectivity index (χ0n) is 8.80. The summed E-state index contributed by atoms with van der Waals surface area (Å²) in [7, 11) is 0. The molecule has 114 valence electrons. The first-order valence-electron chi connectivity index (χ1n) is 4.31. The number of thioether (sulfide) groups is 2. The number of rotatable bonds is 2. The first-order valence-corrected chi connectivity index (χ1v) is 7.07. The molecule has 0 fully saturated rings. The predicted molar refractivity (Wildman–Crippen MR) is 69.7 cm³/mol. The van der Waals surface area contributed by atoms with Crippen molar-refractivity contribution in [1.82, 2.24) is 0 Å². The molecular formula is C8H2Cl3F6NS2. The molecule has 0 amide bonds. The molecule has 2 N–H and O–H groups in total. The summed E-state index contributed by atoms with van der Waals surface area (Å²) in [5.41, 5.74) is -4.89. The third kappa shape index (κ3) is 4.59. The monoisotopic (exact) mass is 395 g/mol. The minimum Gasteiger partial charge on any atom is -0.396 e. The van der Waals surface area contributed by atoms with Crippen molar-refractivity contribution in [3.63, 3.8) is 0 Å². The van der Waals surface area contributed by atoms with Gasteiger partial charge in [0.25, 0.3) is 0 Å². The number of hydrogen-bond donors (Lipinski definition) is 1. The third-order valence-corrected chi connectivity index (χ3v) is 5.00. The summed E-state index contributed by atoms with van der Waals surface area (Å²) in [6.07, 6.45) is 0. The van der Waals surface area contributed by atoms with E-state index in [-0.39, 0.29) is 0 Å². The van der Waals surface area contributed by atoms with Gasteiger partial charge in [-0.15, -0.1) is 0 Å². The first-order chi connectivity index (χ1) is 8.83. The minimum absolute atomic E-state index is 0.601. The second-order valence-corrected chi connectivity index (χ2v) is 6.39. The van der Waals surface area contributed by atoms with Crippen LogP contribution < -0.4 is 5.73 Å². The van der Waals surface area contributed by atoms with Gasteiger partial charge in [-0.05, 0) is 23.5 Å². The molecule has 0 atom stereocenters. The molecule has 0 unspecified atom stereocenters. The Labute approximate surface area is 132 Å². The third-order valence-electron chi connectivity index (χ3n) is 1.71. The van der Waals surface area contributed by atoms with E-state index >= 15 is 0 Å². The fourth-order valence-corrected chi connectivity index (χ4v) is 3.53. The Morgan fingerprint density at radius 3 is 1.25 bits per heavy atom. The highest BCUT2D eigenvalue weighted by molar-refractivity contribution is 8.01. The molecule has 1 aromatic carbocycles. The van der Waals surface area contributed by atoms with Crippen molar-refractivity contribution >= 4 is 64.0 Å². The predicted octanol–water partition coefficient (Wildman–Crippen LogP) is 6.45. The van der Waals surface area contributed by atoms with Crippen LogP contribution >= 0.6 is 58.3 Å². The van der Waals surface area contributed by atoms with Crippen LogP contribution in [0.1, 0.15) is 0 Å². The molecular weight excluding hydrogens is 395 g/mol. The Morgan fingerprint density at radius 1 is 0.700 bits per heavy atom. The van der Waals surface area contributed by atoms with Gasteiger partial charge in [-0.3, -0.25) is 0 Å². The summed E-state index contributed by atoms with van der Waals surface area (Å²) >= 11 is 15.1. The molecule has 12 heteroatoms. The lowest BCUT2D eigenvalue weighted by Gasteiger charge is -2.17. The van der Waals surface area contributed by atoms with E-state index in [0.717, 1.165) is 0 Å². The fourth-order valence-electron chi connectivity index (χ4n) is 1.05. The summed E-state index contributed by atoms with van der Waals surface area (Å²) in [6.45, 7) is 0. The van der Waals surface area contributed by atoms with E-state index in [4.69, 9.17) is 40.5 Å². The lowest BCUT2D eigenvalue weighted by molar-refractivity contribution is -0.0334. The lowest BCUT2D eigenvalue weighted by Crippen LogP contribution is -2.05. The van der Waals surface area contributed by atoms with Crippen LogP contribution in [0, 0.1) is 0 Å². The normalized spacial score (nSPS) is 12.8. The molecule has 0 heterocycles. The zero-order chi connectivity index (χ0) is 15.9. The molecule has 0 saturated carbocycles. The van der Waals surface area contributed by atoms with Crippen LogP contribution in [0.25, 0.3) is 0 Å². The van der Waals surface area contributed by atoms with E-state index in [2.05, 4.69) is 0 Å². The van der Waals surface area contributed by atoms with Gasteiger partial charge in [0, 0.05) is 0 Å². The van der Waals surface area contributed by atoms with Gasteiger partial charge in [-0.2, -0.15) is 26.3 Å². The average Bonchev–Trinajstić information content (AvgIpc) is 2.25. The maximum atomic E-state index is 12.3. The fraction of sp³-hybridized carbons (Fsp3) is 0.250. The second kappa shape index (κ2) is 6.12. The van der Waals surface area contributed by atoms with Crippen LogP contribution in [-0.2, 0) is 0 Å². The highest BCUT2D eigenvalue weighted by Crippen LogP contribution is 2.54. The second-order valence-electron chi connectivity index (χ2n) is 3.11. The van der Waals surface area contributed by atoms with Gasteiger partial charge >= 0.3 is 11.0 Å². The van der Waals surface area contributed by atoms with E-state index < -0.39 is 65.1 Å². The number of hydrogen-bond acceptors (Lipinski definition) is 3. The Balaban J connectivity index is 3.47. The van der Waals surface area contributed by atoms with Crippen LogP contribution in [0.5, 0.6) is 0 Å². The average molecular weight is 397 g/mol. The van der Waals surface area contributed by atoms with Crippen LogP contribution in [0.4, 0.5) is 32.0 Å². The zero-order valence-corrected chi connectivity index (χ0v) is 12.7. The molecule has 1 nitrogen and oxygen atoms in total. The molecule has 0 aliphatic rings. The quantitative estimate of drug-likeness (QED) is 0.353. The van der Waals surface area contributed by atoms with Crippen molar-refractivity contribution in [1.29, 1.82) is 0 Å². The molecule has 0 spiro atoms. The Morgan fingerprint density at radius 2 is 1.00 bits per heavy atom. The van der Waals surface area contributed by atoms with Gasteiger partial charge in [0.2, 0.25) is 0 Å². The smallest absolute Gasteiger partial charge is 0.396 e. The van der Waals surface area contributed by atoms with E-state index in [9.17, 15) is 26.3 Å². The maximum Gasteiger partial charge on any atom is 0.446 e. The van der Waals surface area contributed by atoms with Gasteiger partial charge < -0.3 is 5.73 Å². The molecule has 0 aliphatic heterocycles.